The molecule has 0 fully saturated rings. The van der Waals surface area contributed by atoms with Crippen LogP contribution in [0.3, 0.4) is 0 Å². The Morgan fingerprint density at radius 1 is 1.11 bits per heavy atom. The van der Waals surface area contributed by atoms with E-state index in [0.717, 1.165) is 6.42 Å². The Morgan fingerprint density at radius 3 is 1.84 bits per heavy atom. The van der Waals surface area contributed by atoms with E-state index in [4.69, 9.17) is 0 Å². The third-order valence-electron chi connectivity index (χ3n) is 4.48. The third-order valence-corrected chi connectivity index (χ3v) is 4.48. The summed E-state index contributed by atoms with van der Waals surface area (Å²) >= 11 is 0. The molecule has 0 aromatic heterocycles. The Bertz CT molecular complexity index is 371. The van der Waals surface area contributed by atoms with E-state index >= 15 is 0 Å². The van der Waals surface area contributed by atoms with Gasteiger partial charge in [-0.3, -0.25) is 0 Å². The zero-order chi connectivity index (χ0) is 15.4. The van der Waals surface area contributed by atoms with Gasteiger partial charge in [-0.05, 0) is 46.0 Å². The van der Waals surface area contributed by atoms with Gasteiger partial charge in [0.25, 0.3) is 0 Å². The van der Waals surface area contributed by atoms with Crippen LogP contribution in [0.5, 0.6) is 0 Å². The molecule has 0 aromatic rings. The SMILES string of the molecule is C=C(C)C(C=C(C(C)C)C(C)(C)C(C)=C(C)C)CC. The standard InChI is InChI=1S/C19H34/c1-11-17(14(4)5)12-18(15(6)7)19(9,10)16(8)13(2)3/h12,15,17H,4,11H2,1-3,5-10H3. The first-order valence-electron chi connectivity index (χ1n) is 7.57. The van der Waals surface area contributed by atoms with Crippen LogP contribution in [0.25, 0.3) is 0 Å². The molecule has 0 N–H and O–H groups in total. The zero-order valence-electron chi connectivity index (χ0n) is 14.6. The number of allylic oxidation sites excluding steroid dienone is 5. The highest BCUT2D eigenvalue weighted by Gasteiger charge is 2.28. The molecule has 0 bridgehead atoms. The summed E-state index contributed by atoms with van der Waals surface area (Å²) in [7, 11) is 0. The monoisotopic (exact) mass is 262 g/mol. The Balaban J connectivity index is 5.76. The maximum atomic E-state index is 4.14. The highest BCUT2D eigenvalue weighted by atomic mass is 14.3. The molecule has 0 saturated heterocycles. The molecular formula is C19H34. The lowest BCUT2D eigenvalue weighted by atomic mass is 9.70. The van der Waals surface area contributed by atoms with Gasteiger partial charge in [0, 0.05) is 5.41 Å². The van der Waals surface area contributed by atoms with E-state index in [1.807, 2.05) is 0 Å². The maximum Gasteiger partial charge on any atom is 0.00664 e. The van der Waals surface area contributed by atoms with Crippen LogP contribution in [-0.4, -0.2) is 0 Å². The van der Waals surface area contributed by atoms with Gasteiger partial charge in [-0.2, -0.15) is 0 Å². The van der Waals surface area contributed by atoms with Crippen molar-refractivity contribution in [3.8, 4) is 0 Å². The summed E-state index contributed by atoms with van der Waals surface area (Å²) in [5.74, 6) is 1.07. The molecule has 1 unspecified atom stereocenters. The lowest BCUT2D eigenvalue weighted by molar-refractivity contribution is 0.463. The van der Waals surface area contributed by atoms with E-state index in [9.17, 15) is 0 Å². The molecule has 0 spiro atoms. The van der Waals surface area contributed by atoms with Gasteiger partial charge in [0.2, 0.25) is 0 Å². The van der Waals surface area contributed by atoms with Crippen molar-refractivity contribution in [2.75, 3.05) is 0 Å². The first kappa shape index (κ1) is 18.2. The minimum absolute atomic E-state index is 0.135. The largest absolute Gasteiger partial charge is 0.0995 e. The fourth-order valence-electron chi connectivity index (χ4n) is 2.79. The van der Waals surface area contributed by atoms with Gasteiger partial charge in [-0.25, -0.2) is 0 Å². The Hall–Kier alpha value is -0.780. The van der Waals surface area contributed by atoms with E-state index in [-0.39, 0.29) is 5.41 Å². The number of hydrogen-bond donors (Lipinski definition) is 0. The van der Waals surface area contributed by atoms with Gasteiger partial charge in [-0.15, -0.1) is 0 Å². The summed E-state index contributed by atoms with van der Waals surface area (Å²) < 4.78 is 0. The average molecular weight is 262 g/mol. The lowest BCUT2D eigenvalue weighted by Crippen LogP contribution is -2.22. The van der Waals surface area contributed by atoms with Gasteiger partial charge in [0.15, 0.2) is 0 Å². The van der Waals surface area contributed by atoms with Gasteiger partial charge in [-0.1, -0.05) is 69.6 Å². The number of hydrogen-bond acceptors (Lipinski definition) is 0. The van der Waals surface area contributed by atoms with Crippen molar-refractivity contribution in [3.63, 3.8) is 0 Å². The Kier molecular flexibility index (Phi) is 6.83. The topological polar surface area (TPSA) is 0 Å². The molecule has 1 atom stereocenters. The van der Waals surface area contributed by atoms with E-state index in [1.165, 1.54) is 16.7 Å². The maximum absolute atomic E-state index is 4.14. The van der Waals surface area contributed by atoms with Crippen LogP contribution in [-0.2, 0) is 0 Å². The van der Waals surface area contributed by atoms with Crippen molar-refractivity contribution in [2.45, 2.75) is 68.7 Å². The molecule has 0 aliphatic carbocycles. The normalized spacial score (nSPS) is 14.5. The van der Waals surface area contributed by atoms with Crippen molar-refractivity contribution in [1.82, 2.24) is 0 Å². The smallest absolute Gasteiger partial charge is 0.00664 e. The van der Waals surface area contributed by atoms with Crippen LogP contribution in [0.15, 0.2) is 34.9 Å². The van der Waals surface area contributed by atoms with Crippen LogP contribution in [0, 0.1) is 17.3 Å². The van der Waals surface area contributed by atoms with E-state index in [0.29, 0.717) is 11.8 Å². The first-order valence-corrected chi connectivity index (χ1v) is 7.57. The molecular weight excluding hydrogens is 228 g/mol. The Morgan fingerprint density at radius 2 is 1.58 bits per heavy atom. The summed E-state index contributed by atoms with van der Waals surface area (Å²) in [5, 5.41) is 0. The quantitative estimate of drug-likeness (QED) is 0.476. The minimum Gasteiger partial charge on any atom is -0.0995 e. The summed E-state index contributed by atoms with van der Waals surface area (Å²) in [6, 6.07) is 0. The summed E-state index contributed by atoms with van der Waals surface area (Å²) in [4.78, 5) is 0. The molecule has 0 amide bonds. The predicted molar refractivity (Wildman–Crippen MR) is 89.3 cm³/mol. The lowest BCUT2D eigenvalue weighted by Gasteiger charge is -2.34. The average Bonchev–Trinajstić information content (AvgIpc) is 2.27. The van der Waals surface area contributed by atoms with Crippen molar-refractivity contribution >= 4 is 0 Å². The second kappa shape index (κ2) is 7.12. The van der Waals surface area contributed by atoms with Crippen LogP contribution >= 0.6 is 0 Å². The molecule has 0 aliphatic heterocycles. The molecule has 0 rings (SSSR count). The molecule has 0 aliphatic rings. The van der Waals surface area contributed by atoms with Crippen LogP contribution < -0.4 is 0 Å². The second-order valence-electron chi connectivity index (χ2n) is 6.89. The zero-order valence-corrected chi connectivity index (χ0v) is 14.6. The van der Waals surface area contributed by atoms with Gasteiger partial charge in [0.1, 0.15) is 0 Å². The highest BCUT2D eigenvalue weighted by molar-refractivity contribution is 5.31. The number of rotatable bonds is 6. The molecule has 0 radical (unpaired) electrons. The molecule has 0 heteroatoms. The Labute approximate surface area is 121 Å². The van der Waals surface area contributed by atoms with Crippen LogP contribution in [0.1, 0.15) is 68.7 Å². The molecule has 0 saturated carbocycles. The van der Waals surface area contributed by atoms with Gasteiger partial charge >= 0.3 is 0 Å². The first-order chi connectivity index (χ1) is 8.55. The molecule has 0 nitrogen and oxygen atoms in total. The summed E-state index contributed by atoms with van der Waals surface area (Å²) in [5.41, 5.74) is 5.87. The van der Waals surface area contributed by atoms with Crippen molar-refractivity contribution < 1.29 is 0 Å². The van der Waals surface area contributed by atoms with E-state index < -0.39 is 0 Å². The van der Waals surface area contributed by atoms with E-state index in [2.05, 4.69) is 75.0 Å². The molecule has 19 heavy (non-hydrogen) atoms. The highest BCUT2D eigenvalue weighted by Crippen LogP contribution is 2.41. The van der Waals surface area contributed by atoms with Gasteiger partial charge in [0.05, 0.1) is 0 Å². The van der Waals surface area contributed by atoms with Gasteiger partial charge < -0.3 is 0 Å². The van der Waals surface area contributed by atoms with Crippen molar-refractivity contribution in [3.05, 3.63) is 34.9 Å². The second-order valence-corrected chi connectivity index (χ2v) is 6.89. The minimum atomic E-state index is 0.135. The summed E-state index contributed by atoms with van der Waals surface area (Å²) in [6.45, 7) is 24.5. The fourth-order valence-corrected chi connectivity index (χ4v) is 2.79. The summed E-state index contributed by atoms with van der Waals surface area (Å²) in [6.07, 6.45) is 3.61. The van der Waals surface area contributed by atoms with E-state index in [1.54, 1.807) is 5.57 Å². The predicted octanol–water partition coefficient (Wildman–Crippen LogP) is 6.55. The fraction of sp³-hybridized carbons (Fsp3) is 0.684. The molecule has 0 aromatic carbocycles. The van der Waals surface area contributed by atoms with Crippen molar-refractivity contribution in [2.24, 2.45) is 17.3 Å². The van der Waals surface area contributed by atoms with Crippen LogP contribution in [0.4, 0.5) is 0 Å². The van der Waals surface area contributed by atoms with Crippen LogP contribution in [0.2, 0.25) is 0 Å². The molecule has 0 heterocycles. The third kappa shape index (κ3) is 4.67. The molecule has 110 valence electrons. The van der Waals surface area contributed by atoms with Crippen molar-refractivity contribution in [1.29, 1.82) is 0 Å².